The van der Waals surface area contributed by atoms with E-state index in [0.29, 0.717) is 5.56 Å². The van der Waals surface area contributed by atoms with E-state index in [0.717, 1.165) is 11.8 Å². The number of carbonyl (C=O) groups is 2. The van der Waals surface area contributed by atoms with Crippen LogP contribution in [-0.4, -0.2) is 27.8 Å². The van der Waals surface area contributed by atoms with Crippen molar-refractivity contribution in [1.29, 1.82) is 0 Å². The molecule has 1 aromatic carbocycles. The number of hydrogen-bond donors (Lipinski definition) is 1. The molecule has 0 aliphatic carbocycles. The van der Waals surface area contributed by atoms with Gasteiger partial charge in [-0.05, 0) is 17.7 Å². The number of amides is 1. The van der Waals surface area contributed by atoms with Crippen molar-refractivity contribution in [3.05, 3.63) is 35.6 Å². The zero-order chi connectivity index (χ0) is 14.5. The van der Waals surface area contributed by atoms with Crippen LogP contribution in [0.4, 0.5) is 4.39 Å². The topological polar surface area (TPSA) is 70.9 Å². The first-order valence-electron chi connectivity index (χ1n) is 5.57. The SMILES string of the molecule is O=C(Cl)CC1S/C(=N\N=C\c2ccccc2F)NC1=O. The zero-order valence-electron chi connectivity index (χ0n) is 10.0. The van der Waals surface area contributed by atoms with Gasteiger partial charge < -0.3 is 5.32 Å². The Hall–Kier alpha value is -1.73. The molecule has 0 spiro atoms. The summed E-state index contributed by atoms with van der Waals surface area (Å²) in [5, 5.41) is 9.00. The van der Waals surface area contributed by atoms with Crippen LogP contribution in [0.5, 0.6) is 0 Å². The number of nitrogens with one attached hydrogen (secondary N) is 1. The van der Waals surface area contributed by atoms with Crippen molar-refractivity contribution in [2.45, 2.75) is 11.7 Å². The monoisotopic (exact) mass is 313 g/mol. The Labute approximate surface area is 123 Å². The summed E-state index contributed by atoms with van der Waals surface area (Å²) in [4.78, 5) is 22.2. The van der Waals surface area contributed by atoms with Crippen molar-refractivity contribution in [3.63, 3.8) is 0 Å². The summed E-state index contributed by atoms with van der Waals surface area (Å²) in [5.41, 5.74) is 0.290. The number of benzene rings is 1. The molecule has 104 valence electrons. The van der Waals surface area contributed by atoms with E-state index in [2.05, 4.69) is 15.5 Å². The predicted octanol–water partition coefficient (Wildman–Crippen LogP) is 1.90. The molecule has 1 fully saturated rings. The highest BCUT2D eigenvalue weighted by atomic mass is 35.5. The van der Waals surface area contributed by atoms with Crippen molar-refractivity contribution in [1.82, 2.24) is 5.32 Å². The second-order valence-corrected chi connectivity index (χ2v) is 5.44. The Morgan fingerprint density at radius 3 is 2.95 bits per heavy atom. The standard InChI is InChI=1S/C12H9ClFN3O2S/c13-10(18)5-9-11(19)16-12(20-9)17-15-6-7-3-1-2-4-8(7)14/h1-4,6,9H,5H2,(H,16,17,19)/b15-6+. The van der Waals surface area contributed by atoms with E-state index in [1.54, 1.807) is 18.2 Å². The number of carbonyl (C=O) groups excluding carboxylic acids is 2. The van der Waals surface area contributed by atoms with Crippen LogP contribution >= 0.6 is 23.4 Å². The van der Waals surface area contributed by atoms with Crippen LogP contribution in [0.15, 0.2) is 34.5 Å². The second-order valence-electron chi connectivity index (χ2n) is 3.83. The minimum atomic E-state index is -0.595. The van der Waals surface area contributed by atoms with E-state index in [1.165, 1.54) is 12.3 Å². The Bertz CT molecular complexity index is 606. The maximum Gasteiger partial charge on any atom is 0.240 e. The number of rotatable bonds is 4. The molecule has 1 atom stereocenters. The van der Waals surface area contributed by atoms with Crippen LogP contribution in [0.25, 0.3) is 0 Å². The normalized spacial score (nSPS) is 20.6. The highest BCUT2D eigenvalue weighted by Gasteiger charge is 2.31. The highest BCUT2D eigenvalue weighted by molar-refractivity contribution is 8.15. The molecular formula is C12H9ClFN3O2S. The van der Waals surface area contributed by atoms with Gasteiger partial charge in [0.2, 0.25) is 11.1 Å². The molecule has 1 heterocycles. The van der Waals surface area contributed by atoms with Gasteiger partial charge in [-0.3, -0.25) is 9.59 Å². The third-order valence-electron chi connectivity index (χ3n) is 2.37. The number of nitrogens with zero attached hydrogens (tertiary/aromatic N) is 2. The Kier molecular flexibility index (Phi) is 4.86. The maximum absolute atomic E-state index is 13.3. The highest BCUT2D eigenvalue weighted by Crippen LogP contribution is 2.23. The Morgan fingerprint density at radius 1 is 1.50 bits per heavy atom. The third-order valence-corrected chi connectivity index (χ3v) is 3.60. The summed E-state index contributed by atoms with van der Waals surface area (Å²) in [6.07, 6.45) is 1.17. The van der Waals surface area contributed by atoms with E-state index in [-0.39, 0.29) is 17.5 Å². The molecule has 1 N–H and O–H groups in total. The number of thioether (sulfide) groups is 1. The first-order valence-corrected chi connectivity index (χ1v) is 6.83. The number of hydrogen-bond acceptors (Lipinski definition) is 5. The largest absolute Gasteiger partial charge is 0.303 e. The van der Waals surface area contributed by atoms with Crippen LogP contribution in [0.3, 0.4) is 0 Å². The van der Waals surface area contributed by atoms with Gasteiger partial charge in [0.1, 0.15) is 5.82 Å². The van der Waals surface area contributed by atoms with Gasteiger partial charge in [-0.1, -0.05) is 30.0 Å². The molecule has 20 heavy (non-hydrogen) atoms. The third kappa shape index (κ3) is 3.88. The van der Waals surface area contributed by atoms with E-state index >= 15 is 0 Å². The van der Waals surface area contributed by atoms with E-state index in [9.17, 15) is 14.0 Å². The number of amidine groups is 1. The van der Waals surface area contributed by atoms with Gasteiger partial charge in [0.05, 0.1) is 11.5 Å². The summed E-state index contributed by atoms with van der Waals surface area (Å²) in [6.45, 7) is 0. The van der Waals surface area contributed by atoms with Crippen molar-refractivity contribution in [2.75, 3.05) is 0 Å². The van der Waals surface area contributed by atoms with Gasteiger partial charge in [0.15, 0.2) is 5.17 Å². The lowest BCUT2D eigenvalue weighted by atomic mass is 10.2. The molecule has 0 radical (unpaired) electrons. The molecule has 1 unspecified atom stereocenters. The van der Waals surface area contributed by atoms with Gasteiger partial charge in [0.25, 0.3) is 0 Å². The molecule has 1 amide bonds. The lowest BCUT2D eigenvalue weighted by Gasteiger charge is -1.97. The zero-order valence-corrected chi connectivity index (χ0v) is 11.6. The average molecular weight is 314 g/mol. The molecule has 1 aliphatic heterocycles. The number of halogens is 2. The van der Waals surface area contributed by atoms with Gasteiger partial charge in [-0.25, -0.2) is 4.39 Å². The molecular weight excluding hydrogens is 305 g/mol. The Balaban J connectivity index is 2.01. The van der Waals surface area contributed by atoms with Crippen LogP contribution in [0.1, 0.15) is 12.0 Å². The second kappa shape index (κ2) is 6.62. The van der Waals surface area contributed by atoms with Crippen LogP contribution in [0, 0.1) is 5.82 Å². The first kappa shape index (κ1) is 14.7. The van der Waals surface area contributed by atoms with Crippen molar-refractivity contribution >= 4 is 45.9 Å². The van der Waals surface area contributed by atoms with Gasteiger partial charge in [0, 0.05) is 12.0 Å². The summed E-state index contributed by atoms with van der Waals surface area (Å²) < 4.78 is 13.3. The minimum absolute atomic E-state index is 0.0753. The van der Waals surface area contributed by atoms with E-state index < -0.39 is 16.3 Å². The fourth-order valence-corrected chi connectivity index (χ4v) is 2.63. The minimum Gasteiger partial charge on any atom is -0.303 e. The molecule has 0 saturated carbocycles. The summed E-state index contributed by atoms with van der Waals surface area (Å²) >= 11 is 6.29. The molecule has 1 aromatic rings. The smallest absolute Gasteiger partial charge is 0.240 e. The van der Waals surface area contributed by atoms with Crippen molar-refractivity contribution in [3.8, 4) is 0 Å². The molecule has 2 rings (SSSR count). The van der Waals surface area contributed by atoms with Crippen LogP contribution in [0.2, 0.25) is 0 Å². The van der Waals surface area contributed by atoms with Crippen molar-refractivity contribution in [2.24, 2.45) is 10.2 Å². The van der Waals surface area contributed by atoms with E-state index in [1.807, 2.05) is 0 Å². The quantitative estimate of drug-likeness (QED) is 0.524. The first-order chi connectivity index (χ1) is 9.56. The fraction of sp³-hybridized carbons (Fsp3) is 0.167. The lowest BCUT2D eigenvalue weighted by Crippen LogP contribution is -2.25. The van der Waals surface area contributed by atoms with Gasteiger partial charge in [-0.2, -0.15) is 5.10 Å². The average Bonchev–Trinajstić information content (AvgIpc) is 2.72. The van der Waals surface area contributed by atoms with E-state index in [4.69, 9.17) is 11.6 Å². The summed E-state index contributed by atoms with van der Waals surface area (Å²) in [7, 11) is 0. The van der Waals surface area contributed by atoms with Crippen LogP contribution in [-0.2, 0) is 9.59 Å². The maximum atomic E-state index is 13.3. The lowest BCUT2D eigenvalue weighted by molar-refractivity contribution is -0.121. The molecule has 8 heteroatoms. The summed E-state index contributed by atoms with van der Waals surface area (Å²) in [6, 6.07) is 6.10. The fourth-order valence-electron chi connectivity index (χ4n) is 1.46. The molecule has 1 aliphatic rings. The van der Waals surface area contributed by atoms with Gasteiger partial charge in [-0.15, -0.1) is 5.10 Å². The molecule has 0 bridgehead atoms. The van der Waals surface area contributed by atoms with Gasteiger partial charge >= 0.3 is 0 Å². The molecule has 1 saturated heterocycles. The summed E-state index contributed by atoms with van der Waals surface area (Å²) in [5.74, 6) is -0.756. The van der Waals surface area contributed by atoms with Crippen LogP contribution < -0.4 is 5.32 Å². The molecule has 5 nitrogen and oxygen atoms in total. The molecule has 0 aromatic heterocycles. The predicted molar refractivity (Wildman–Crippen MR) is 76.4 cm³/mol. The van der Waals surface area contributed by atoms with Crippen molar-refractivity contribution < 1.29 is 14.0 Å². The Morgan fingerprint density at radius 2 is 2.25 bits per heavy atom.